The van der Waals surface area contributed by atoms with E-state index in [1.165, 1.54) is 0 Å². The fraction of sp³-hybridized carbons (Fsp3) is 1.00. The molecular weight excluding hydrogens is 122 g/mol. The summed E-state index contributed by atoms with van der Waals surface area (Å²) in [5.41, 5.74) is 0. The van der Waals surface area contributed by atoms with Gasteiger partial charge >= 0.3 is 0 Å². The fourth-order valence-corrected chi connectivity index (χ4v) is 0.566. The van der Waals surface area contributed by atoms with Gasteiger partial charge in [0.15, 0.2) is 0 Å². The summed E-state index contributed by atoms with van der Waals surface area (Å²) in [6.45, 7) is 2.11. The summed E-state index contributed by atoms with van der Waals surface area (Å²) in [6.07, 6.45) is 0.841. The van der Waals surface area contributed by atoms with Crippen LogP contribution in [0.4, 0.5) is 0 Å². The lowest BCUT2D eigenvalue weighted by molar-refractivity contribution is 0.286. The van der Waals surface area contributed by atoms with Crippen LogP contribution in [0.5, 0.6) is 0 Å². The Kier molecular flexibility index (Phi) is 7.52. The normalized spacial score (nSPS) is 9.75. The van der Waals surface area contributed by atoms with Crippen LogP contribution in [-0.4, -0.2) is 30.6 Å². The van der Waals surface area contributed by atoms with Crippen molar-refractivity contribution in [3.05, 3.63) is 0 Å². The second-order valence-corrected chi connectivity index (χ2v) is 2.00. The van der Waals surface area contributed by atoms with Crippen LogP contribution in [0.2, 0.25) is 0 Å². The van der Waals surface area contributed by atoms with Gasteiger partial charge in [0.2, 0.25) is 0 Å². The van der Waals surface area contributed by atoms with E-state index in [2.05, 4.69) is 17.9 Å². The molecular formula is C5H13NOS. The number of aliphatic hydroxyl groups is 1. The number of rotatable bonds is 5. The third-order valence-corrected chi connectivity index (χ3v) is 1.02. The minimum absolute atomic E-state index is 0.277. The van der Waals surface area contributed by atoms with Gasteiger partial charge in [0, 0.05) is 18.9 Å². The van der Waals surface area contributed by atoms with Crippen LogP contribution in [0.15, 0.2) is 0 Å². The Labute approximate surface area is 55.7 Å². The largest absolute Gasteiger partial charge is 0.396 e. The lowest BCUT2D eigenvalue weighted by Gasteiger charge is -1.97. The molecule has 0 saturated heterocycles. The number of aliphatic hydroxyl groups excluding tert-OH is 1. The molecule has 0 aromatic carbocycles. The van der Waals surface area contributed by atoms with Crippen LogP contribution >= 0.6 is 12.6 Å². The Morgan fingerprint density at radius 3 is 2.62 bits per heavy atom. The minimum atomic E-state index is 0.277. The molecule has 0 aliphatic heterocycles. The highest BCUT2D eigenvalue weighted by molar-refractivity contribution is 7.80. The first-order chi connectivity index (χ1) is 3.91. The molecule has 0 radical (unpaired) electrons. The van der Waals surface area contributed by atoms with Crippen LogP contribution in [0.1, 0.15) is 6.42 Å². The molecule has 0 fully saturated rings. The molecule has 0 unspecified atom stereocenters. The zero-order valence-corrected chi connectivity index (χ0v) is 5.82. The van der Waals surface area contributed by atoms with E-state index >= 15 is 0 Å². The van der Waals surface area contributed by atoms with Crippen molar-refractivity contribution in [1.29, 1.82) is 0 Å². The van der Waals surface area contributed by atoms with Crippen molar-refractivity contribution in [2.24, 2.45) is 0 Å². The van der Waals surface area contributed by atoms with Gasteiger partial charge in [-0.1, -0.05) is 0 Å². The Hall–Kier alpha value is 0.270. The maximum Gasteiger partial charge on any atom is 0.0443 e. The smallest absolute Gasteiger partial charge is 0.0443 e. The molecule has 2 nitrogen and oxygen atoms in total. The number of nitrogens with one attached hydrogen (secondary N) is 1. The monoisotopic (exact) mass is 135 g/mol. The molecule has 2 N–H and O–H groups in total. The van der Waals surface area contributed by atoms with E-state index < -0.39 is 0 Å². The van der Waals surface area contributed by atoms with Gasteiger partial charge in [-0.25, -0.2) is 0 Å². The Balaban J connectivity index is 2.53. The summed E-state index contributed by atoms with van der Waals surface area (Å²) in [5, 5.41) is 11.4. The molecule has 0 aromatic heterocycles. The van der Waals surface area contributed by atoms with Crippen molar-refractivity contribution in [3.63, 3.8) is 0 Å². The summed E-state index contributed by atoms with van der Waals surface area (Å²) in [4.78, 5) is 0. The van der Waals surface area contributed by atoms with Crippen molar-refractivity contribution < 1.29 is 5.11 Å². The SMILES string of the molecule is OCCCNCCS. The van der Waals surface area contributed by atoms with Gasteiger partial charge in [-0.2, -0.15) is 12.6 Å². The molecule has 3 heteroatoms. The minimum Gasteiger partial charge on any atom is -0.396 e. The molecule has 0 amide bonds. The van der Waals surface area contributed by atoms with Crippen molar-refractivity contribution >= 4 is 12.6 Å². The molecule has 0 spiro atoms. The third kappa shape index (κ3) is 6.27. The molecule has 50 valence electrons. The average molecular weight is 135 g/mol. The Morgan fingerprint density at radius 2 is 2.12 bits per heavy atom. The summed E-state index contributed by atoms with van der Waals surface area (Å²) in [7, 11) is 0. The van der Waals surface area contributed by atoms with Crippen molar-refractivity contribution in [2.75, 3.05) is 25.4 Å². The van der Waals surface area contributed by atoms with Crippen molar-refractivity contribution in [3.8, 4) is 0 Å². The van der Waals surface area contributed by atoms with Gasteiger partial charge < -0.3 is 10.4 Å². The molecule has 0 heterocycles. The number of thiol groups is 1. The highest BCUT2D eigenvalue weighted by atomic mass is 32.1. The Bertz CT molecular complexity index is 37.4. The predicted octanol–water partition coefficient (Wildman–Crippen LogP) is -0.112. The molecule has 0 saturated carbocycles. The van der Waals surface area contributed by atoms with Crippen LogP contribution in [0, 0.1) is 0 Å². The number of hydrogen-bond donors (Lipinski definition) is 3. The summed E-state index contributed by atoms with van der Waals surface area (Å²) < 4.78 is 0. The van der Waals surface area contributed by atoms with Crippen molar-refractivity contribution in [2.45, 2.75) is 6.42 Å². The van der Waals surface area contributed by atoms with Gasteiger partial charge in [-0.15, -0.1) is 0 Å². The molecule has 0 rings (SSSR count). The first-order valence-corrected chi connectivity index (χ1v) is 3.47. The summed E-state index contributed by atoms with van der Waals surface area (Å²) >= 11 is 4.00. The van der Waals surface area contributed by atoms with E-state index in [4.69, 9.17) is 5.11 Å². The Morgan fingerprint density at radius 1 is 1.38 bits per heavy atom. The molecule has 0 aliphatic carbocycles. The van der Waals surface area contributed by atoms with Gasteiger partial charge in [-0.3, -0.25) is 0 Å². The van der Waals surface area contributed by atoms with Crippen LogP contribution in [0.25, 0.3) is 0 Å². The summed E-state index contributed by atoms with van der Waals surface area (Å²) in [6, 6.07) is 0. The average Bonchev–Trinajstić information content (AvgIpc) is 1.81. The van der Waals surface area contributed by atoms with Crippen LogP contribution in [0.3, 0.4) is 0 Å². The number of hydrogen-bond acceptors (Lipinski definition) is 3. The first kappa shape index (κ1) is 8.27. The zero-order chi connectivity index (χ0) is 6.24. The van der Waals surface area contributed by atoms with E-state index in [1.54, 1.807) is 0 Å². The van der Waals surface area contributed by atoms with Gasteiger partial charge in [0.25, 0.3) is 0 Å². The van der Waals surface area contributed by atoms with E-state index in [1.807, 2.05) is 0 Å². The lowest BCUT2D eigenvalue weighted by Crippen LogP contribution is -2.18. The molecule has 0 bridgehead atoms. The molecule has 0 aromatic rings. The molecule has 0 aliphatic rings. The van der Waals surface area contributed by atoms with Gasteiger partial charge in [0.1, 0.15) is 0 Å². The quantitative estimate of drug-likeness (QED) is 0.363. The highest BCUT2D eigenvalue weighted by Gasteiger charge is 1.81. The van der Waals surface area contributed by atoms with Crippen LogP contribution in [-0.2, 0) is 0 Å². The topological polar surface area (TPSA) is 32.3 Å². The lowest BCUT2D eigenvalue weighted by atomic mass is 10.4. The highest BCUT2D eigenvalue weighted by Crippen LogP contribution is 1.72. The molecule has 0 atom stereocenters. The van der Waals surface area contributed by atoms with Crippen molar-refractivity contribution in [1.82, 2.24) is 5.32 Å². The van der Waals surface area contributed by atoms with Crippen LogP contribution < -0.4 is 5.32 Å². The van der Waals surface area contributed by atoms with Gasteiger partial charge in [0.05, 0.1) is 0 Å². The van der Waals surface area contributed by atoms with E-state index in [0.717, 1.165) is 25.3 Å². The standard InChI is InChI=1S/C5H13NOS/c7-4-1-2-6-3-5-8/h6-8H,1-5H2. The predicted molar refractivity (Wildman–Crippen MR) is 38.4 cm³/mol. The zero-order valence-electron chi connectivity index (χ0n) is 4.93. The van der Waals surface area contributed by atoms with Gasteiger partial charge in [-0.05, 0) is 13.0 Å². The maximum absolute atomic E-state index is 8.31. The third-order valence-electron chi connectivity index (χ3n) is 0.800. The van der Waals surface area contributed by atoms with E-state index in [9.17, 15) is 0 Å². The second kappa shape index (κ2) is 7.27. The van der Waals surface area contributed by atoms with E-state index in [-0.39, 0.29) is 6.61 Å². The molecule has 8 heavy (non-hydrogen) atoms. The first-order valence-electron chi connectivity index (χ1n) is 2.84. The fourth-order valence-electron chi connectivity index (χ4n) is 0.408. The maximum atomic E-state index is 8.31. The second-order valence-electron chi connectivity index (χ2n) is 1.55. The van der Waals surface area contributed by atoms with E-state index in [0.29, 0.717) is 0 Å². The summed E-state index contributed by atoms with van der Waals surface area (Å²) in [5.74, 6) is 0.866.